The number of nitrogens with one attached hydrogen (secondary N) is 1. The molecule has 0 aliphatic carbocycles. The number of benzene rings is 3. The largest absolute Gasteiger partial charge is 0.495 e. The molecule has 0 fully saturated rings. The molecule has 3 rings (SSSR count). The van der Waals surface area contributed by atoms with Gasteiger partial charge in [-0.15, -0.1) is 0 Å². The first-order chi connectivity index (χ1) is 19.5. The summed E-state index contributed by atoms with van der Waals surface area (Å²) >= 11 is 6.29. The van der Waals surface area contributed by atoms with Gasteiger partial charge in [-0.3, -0.25) is 13.9 Å². The predicted molar refractivity (Wildman–Crippen MR) is 163 cm³/mol. The highest BCUT2D eigenvalue weighted by Crippen LogP contribution is 2.35. The maximum atomic E-state index is 14.1. The summed E-state index contributed by atoms with van der Waals surface area (Å²) in [5.74, 6) is -0.583. The first-order valence-corrected chi connectivity index (χ1v) is 15.4. The van der Waals surface area contributed by atoms with Crippen molar-refractivity contribution in [2.45, 2.75) is 57.5 Å². The minimum Gasteiger partial charge on any atom is -0.495 e. The average molecular weight is 600 g/mol. The van der Waals surface area contributed by atoms with Crippen LogP contribution >= 0.6 is 11.6 Å². The lowest BCUT2D eigenvalue weighted by Gasteiger charge is -2.34. The molecule has 3 aromatic rings. The van der Waals surface area contributed by atoms with E-state index in [9.17, 15) is 18.0 Å². The smallest absolute Gasteiger partial charge is 0.264 e. The summed E-state index contributed by atoms with van der Waals surface area (Å²) in [6.45, 7) is 7.04. The number of aryl methyl sites for hydroxylation is 1. The molecule has 10 heteroatoms. The Hall–Kier alpha value is -3.56. The van der Waals surface area contributed by atoms with Gasteiger partial charge in [-0.05, 0) is 69.5 Å². The Morgan fingerprint density at radius 1 is 1.00 bits per heavy atom. The van der Waals surface area contributed by atoms with Crippen molar-refractivity contribution < 1.29 is 22.7 Å². The van der Waals surface area contributed by atoms with E-state index in [1.54, 1.807) is 24.3 Å². The van der Waals surface area contributed by atoms with Gasteiger partial charge in [0.25, 0.3) is 10.0 Å². The number of hydrogen-bond donors (Lipinski definition) is 1. The van der Waals surface area contributed by atoms with Crippen molar-refractivity contribution >= 4 is 39.1 Å². The van der Waals surface area contributed by atoms with Crippen molar-refractivity contribution in [3.8, 4) is 5.75 Å². The molecule has 41 heavy (non-hydrogen) atoms. The van der Waals surface area contributed by atoms with E-state index in [4.69, 9.17) is 16.3 Å². The van der Waals surface area contributed by atoms with Crippen molar-refractivity contribution in [1.29, 1.82) is 0 Å². The van der Waals surface area contributed by atoms with E-state index in [0.29, 0.717) is 12.8 Å². The van der Waals surface area contributed by atoms with Gasteiger partial charge in [0.2, 0.25) is 11.8 Å². The summed E-state index contributed by atoms with van der Waals surface area (Å²) in [6.07, 6.45) is 0.841. The Labute approximate surface area is 248 Å². The quantitative estimate of drug-likeness (QED) is 0.290. The maximum absolute atomic E-state index is 14.1. The van der Waals surface area contributed by atoms with Crippen molar-refractivity contribution in [1.82, 2.24) is 10.2 Å². The summed E-state index contributed by atoms with van der Waals surface area (Å²) in [5, 5.41) is 3.18. The number of halogens is 1. The van der Waals surface area contributed by atoms with Crippen LogP contribution in [0.15, 0.2) is 77.7 Å². The van der Waals surface area contributed by atoms with E-state index in [-0.39, 0.29) is 39.8 Å². The molecule has 3 aromatic carbocycles. The first kappa shape index (κ1) is 32.0. The van der Waals surface area contributed by atoms with Crippen LogP contribution in [-0.4, -0.2) is 57.4 Å². The number of methoxy groups -OCH3 is 1. The van der Waals surface area contributed by atoms with Gasteiger partial charge in [0, 0.05) is 17.6 Å². The van der Waals surface area contributed by atoms with Crippen LogP contribution in [0.1, 0.15) is 38.3 Å². The van der Waals surface area contributed by atoms with Crippen LogP contribution in [0.4, 0.5) is 5.69 Å². The van der Waals surface area contributed by atoms with Gasteiger partial charge >= 0.3 is 0 Å². The molecule has 0 heterocycles. The third kappa shape index (κ3) is 8.24. The molecule has 1 atom stereocenters. The molecule has 8 nitrogen and oxygen atoms in total. The van der Waals surface area contributed by atoms with Crippen LogP contribution in [-0.2, 0) is 26.0 Å². The van der Waals surface area contributed by atoms with Gasteiger partial charge in [-0.1, -0.05) is 66.6 Å². The Morgan fingerprint density at radius 3 is 2.24 bits per heavy atom. The van der Waals surface area contributed by atoms with E-state index in [1.807, 2.05) is 58.0 Å². The van der Waals surface area contributed by atoms with Gasteiger partial charge in [0.05, 0.1) is 17.7 Å². The van der Waals surface area contributed by atoms with Crippen molar-refractivity contribution in [3.05, 3.63) is 88.9 Å². The van der Waals surface area contributed by atoms with Crippen molar-refractivity contribution in [3.63, 3.8) is 0 Å². The molecule has 2 amide bonds. The molecule has 0 saturated heterocycles. The summed E-state index contributed by atoms with van der Waals surface area (Å²) in [4.78, 5) is 28.8. The zero-order valence-corrected chi connectivity index (χ0v) is 25.7. The predicted octanol–water partition coefficient (Wildman–Crippen LogP) is 5.23. The zero-order valence-electron chi connectivity index (χ0n) is 24.1. The maximum Gasteiger partial charge on any atom is 0.264 e. The third-order valence-electron chi connectivity index (χ3n) is 6.60. The summed E-state index contributed by atoms with van der Waals surface area (Å²) in [5.41, 5.74) is 2.00. The van der Waals surface area contributed by atoms with Gasteiger partial charge in [-0.2, -0.15) is 0 Å². The van der Waals surface area contributed by atoms with Crippen molar-refractivity contribution in [2.24, 2.45) is 0 Å². The van der Waals surface area contributed by atoms with Crippen LogP contribution < -0.4 is 14.4 Å². The number of nitrogens with zero attached hydrogens (tertiary/aromatic N) is 2. The van der Waals surface area contributed by atoms with Crippen molar-refractivity contribution in [2.75, 3.05) is 24.5 Å². The summed E-state index contributed by atoms with van der Waals surface area (Å²) in [6, 6.07) is 19.7. The lowest BCUT2D eigenvalue weighted by Crippen LogP contribution is -2.54. The zero-order chi connectivity index (χ0) is 30.2. The lowest BCUT2D eigenvalue weighted by atomic mass is 10.1. The van der Waals surface area contributed by atoms with Crippen LogP contribution in [0.2, 0.25) is 5.02 Å². The molecule has 220 valence electrons. The second-order valence-electron chi connectivity index (χ2n) is 10.1. The first-order valence-electron chi connectivity index (χ1n) is 13.5. The Kier molecular flexibility index (Phi) is 11.2. The second kappa shape index (κ2) is 14.4. The lowest BCUT2D eigenvalue weighted by molar-refractivity contribution is -0.139. The van der Waals surface area contributed by atoms with E-state index in [2.05, 4.69) is 5.32 Å². The number of carbonyl (C=O) groups excluding carboxylic acids is 2. The summed E-state index contributed by atoms with van der Waals surface area (Å²) < 4.78 is 34.6. The molecule has 0 radical (unpaired) electrons. The van der Waals surface area contributed by atoms with Crippen LogP contribution in [0, 0.1) is 6.92 Å². The topological polar surface area (TPSA) is 96.0 Å². The van der Waals surface area contributed by atoms with Gasteiger partial charge in [0.15, 0.2) is 0 Å². The second-order valence-corrected chi connectivity index (χ2v) is 12.3. The Bertz CT molecular complexity index is 1430. The highest BCUT2D eigenvalue weighted by atomic mass is 35.5. The molecule has 0 saturated carbocycles. The molecular weight excluding hydrogens is 562 g/mol. The molecule has 0 bridgehead atoms. The number of sulfonamides is 1. The molecule has 0 aliphatic rings. The third-order valence-corrected chi connectivity index (χ3v) is 8.61. The number of rotatable bonds is 13. The van der Waals surface area contributed by atoms with E-state index < -0.39 is 28.5 Å². The van der Waals surface area contributed by atoms with Gasteiger partial charge in [0.1, 0.15) is 18.3 Å². The van der Waals surface area contributed by atoms with Crippen LogP contribution in [0.25, 0.3) is 0 Å². The molecule has 0 aromatic heterocycles. The highest BCUT2D eigenvalue weighted by Gasteiger charge is 2.34. The average Bonchev–Trinajstić information content (AvgIpc) is 2.94. The molecule has 0 aliphatic heterocycles. The SMILES string of the molecule is CC[C@H](C(=O)NC(C)C)N(CCc1ccccc1)C(=O)CN(c1cc(Cl)ccc1OC)S(=O)(=O)c1ccc(C)cc1. The van der Waals surface area contributed by atoms with Gasteiger partial charge < -0.3 is 15.0 Å². The number of ether oxygens (including phenoxy) is 1. The number of anilines is 1. The molecule has 1 N–H and O–H groups in total. The standard InChI is InChI=1S/C31H38ClN3O5S/c1-6-27(31(37)33-22(2)3)34(19-18-24-10-8-7-9-11-24)30(36)21-35(28-20-25(32)14-17-29(28)40-5)41(38,39)26-15-12-23(4)13-16-26/h7-17,20,22,27H,6,18-19,21H2,1-5H3,(H,33,37)/t27-/m1/s1. The molecule has 0 unspecified atom stereocenters. The molecular formula is C31H38ClN3O5S. The monoisotopic (exact) mass is 599 g/mol. The summed E-state index contributed by atoms with van der Waals surface area (Å²) in [7, 11) is -2.82. The fourth-order valence-corrected chi connectivity index (χ4v) is 6.07. The molecule has 0 spiro atoms. The van der Waals surface area contributed by atoms with E-state index >= 15 is 0 Å². The van der Waals surface area contributed by atoms with Gasteiger partial charge in [-0.25, -0.2) is 8.42 Å². The van der Waals surface area contributed by atoms with Crippen LogP contribution in [0.3, 0.4) is 0 Å². The minimum absolute atomic E-state index is 0.0124. The number of amides is 2. The van der Waals surface area contributed by atoms with Crippen LogP contribution in [0.5, 0.6) is 5.75 Å². The number of carbonyl (C=O) groups is 2. The fraction of sp³-hybridized carbons (Fsp3) is 0.355. The normalized spacial score (nSPS) is 12.1. The fourth-order valence-electron chi connectivity index (χ4n) is 4.49. The highest BCUT2D eigenvalue weighted by molar-refractivity contribution is 7.92. The van der Waals surface area contributed by atoms with E-state index in [0.717, 1.165) is 15.4 Å². The Morgan fingerprint density at radius 2 is 1.66 bits per heavy atom. The number of hydrogen-bond acceptors (Lipinski definition) is 5. The minimum atomic E-state index is -4.24. The Balaban J connectivity index is 2.08. The van der Waals surface area contributed by atoms with E-state index in [1.165, 1.54) is 30.2 Å².